The number of carbonyl (C=O) groups is 1. The number of fused-ring (bicyclic) bond motifs is 4. The van der Waals surface area contributed by atoms with Crippen molar-refractivity contribution in [2.75, 3.05) is 13.1 Å². The van der Waals surface area contributed by atoms with Crippen LogP contribution in [0.1, 0.15) is 39.8 Å². The van der Waals surface area contributed by atoms with Gasteiger partial charge in [-0.25, -0.2) is 0 Å². The molecule has 0 aromatic carbocycles. The number of aromatic nitrogens is 2. The van der Waals surface area contributed by atoms with Crippen LogP contribution < -0.4 is 5.56 Å². The first-order valence-electron chi connectivity index (χ1n) is 7.96. The van der Waals surface area contributed by atoms with Gasteiger partial charge in [0.25, 0.3) is 11.5 Å². The number of likely N-dealkylation sites (tertiary alicyclic amines) is 1. The zero-order chi connectivity index (χ0) is 16.1. The summed E-state index contributed by atoms with van der Waals surface area (Å²) in [6.45, 7) is 5.58. The molecule has 2 unspecified atom stereocenters. The largest absolute Gasteiger partial charge is 0.361 e. The van der Waals surface area contributed by atoms with Gasteiger partial charge in [0, 0.05) is 37.3 Å². The van der Waals surface area contributed by atoms with Gasteiger partial charge in [0.2, 0.25) is 0 Å². The SMILES string of the molecule is Cc1noc(C)c1C(=O)N1CC2CC(C1)c1cccc(=O)n1C2. The van der Waals surface area contributed by atoms with Crippen molar-refractivity contribution in [3.8, 4) is 0 Å². The van der Waals surface area contributed by atoms with Crippen LogP contribution in [-0.2, 0) is 6.54 Å². The minimum atomic E-state index is -0.0114. The van der Waals surface area contributed by atoms with Gasteiger partial charge in [-0.1, -0.05) is 11.2 Å². The molecule has 2 bridgehead atoms. The monoisotopic (exact) mass is 313 g/mol. The van der Waals surface area contributed by atoms with Gasteiger partial charge < -0.3 is 14.0 Å². The van der Waals surface area contributed by atoms with Crippen LogP contribution in [0.15, 0.2) is 27.5 Å². The Morgan fingerprint density at radius 3 is 2.83 bits per heavy atom. The lowest BCUT2D eigenvalue weighted by atomic mass is 9.83. The number of rotatable bonds is 1. The molecule has 6 nitrogen and oxygen atoms in total. The topological polar surface area (TPSA) is 68.3 Å². The molecule has 6 heteroatoms. The number of hydrogen-bond donors (Lipinski definition) is 0. The Balaban J connectivity index is 1.66. The number of amides is 1. The second-order valence-corrected chi connectivity index (χ2v) is 6.61. The summed E-state index contributed by atoms with van der Waals surface area (Å²) < 4.78 is 7.00. The van der Waals surface area contributed by atoms with E-state index in [1.165, 1.54) is 0 Å². The summed E-state index contributed by atoms with van der Waals surface area (Å²) in [7, 11) is 0. The highest BCUT2D eigenvalue weighted by Crippen LogP contribution is 2.35. The van der Waals surface area contributed by atoms with Crippen LogP contribution in [0.2, 0.25) is 0 Å². The fraction of sp³-hybridized carbons (Fsp3) is 0.471. The first-order chi connectivity index (χ1) is 11.0. The number of pyridine rings is 1. The zero-order valence-corrected chi connectivity index (χ0v) is 13.3. The molecule has 4 rings (SSSR count). The quantitative estimate of drug-likeness (QED) is 0.804. The third-order valence-corrected chi connectivity index (χ3v) is 5.01. The van der Waals surface area contributed by atoms with Crippen molar-refractivity contribution in [1.29, 1.82) is 0 Å². The summed E-state index contributed by atoms with van der Waals surface area (Å²) in [5.74, 6) is 1.11. The van der Waals surface area contributed by atoms with Crippen LogP contribution in [-0.4, -0.2) is 33.6 Å². The maximum atomic E-state index is 12.9. The van der Waals surface area contributed by atoms with Crippen molar-refractivity contribution in [1.82, 2.24) is 14.6 Å². The average molecular weight is 313 g/mol. The molecule has 0 aliphatic carbocycles. The lowest BCUT2D eigenvalue weighted by Crippen LogP contribution is -2.49. The Labute approximate surface area is 133 Å². The van der Waals surface area contributed by atoms with Crippen LogP contribution in [0.3, 0.4) is 0 Å². The van der Waals surface area contributed by atoms with E-state index in [1.54, 1.807) is 19.9 Å². The molecule has 4 heterocycles. The molecule has 2 aromatic rings. The second kappa shape index (κ2) is 5.08. The molecule has 1 amide bonds. The number of carbonyl (C=O) groups excluding carboxylic acids is 1. The molecule has 1 saturated heterocycles. The fourth-order valence-electron chi connectivity index (χ4n) is 4.01. The Hall–Kier alpha value is -2.37. The first-order valence-corrected chi connectivity index (χ1v) is 7.96. The van der Waals surface area contributed by atoms with E-state index in [0.717, 1.165) is 12.1 Å². The second-order valence-electron chi connectivity index (χ2n) is 6.61. The maximum absolute atomic E-state index is 12.9. The number of aryl methyl sites for hydroxylation is 2. The summed E-state index contributed by atoms with van der Waals surface area (Å²) in [5.41, 5.74) is 2.32. The number of piperidine rings is 1. The van der Waals surface area contributed by atoms with Gasteiger partial charge >= 0.3 is 0 Å². The number of nitrogens with zero attached hydrogens (tertiary/aromatic N) is 3. The van der Waals surface area contributed by atoms with Gasteiger partial charge in [-0.15, -0.1) is 0 Å². The molecule has 0 radical (unpaired) electrons. The van der Waals surface area contributed by atoms with Crippen LogP contribution in [0, 0.1) is 19.8 Å². The minimum absolute atomic E-state index is 0.0114. The van der Waals surface area contributed by atoms with Gasteiger partial charge in [-0.05, 0) is 32.3 Å². The normalized spacial score (nSPS) is 22.8. The fourth-order valence-corrected chi connectivity index (χ4v) is 4.01. The summed E-state index contributed by atoms with van der Waals surface area (Å²) in [6, 6.07) is 5.42. The average Bonchev–Trinajstić information content (AvgIpc) is 2.86. The molecule has 2 aromatic heterocycles. The lowest BCUT2D eigenvalue weighted by molar-refractivity contribution is 0.0592. The van der Waals surface area contributed by atoms with Crippen LogP contribution in [0.5, 0.6) is 0 Å². The van der Waals surface area contributed by atoms with Crippen molar-refractivity contribution in [3.05, 3.63) is 51.3 Å². The van der Waals surface area contributed by atoms with Crippen molar-refractivity contribution in [2.24, 2.45) is 5.92 Å². The van der Waals surface area contributed by atoms with E-state index in [1.807, 2.05) is 21.6 Å². The number of hydrogen-bond acceptors (Lipinski definition) is 4. The summed E-state index contributed by atoms with van der Waals surface area (Å²) in [6.07, 6.45) is 1.04. The van der Waals surface area contributed by atoms with Crippen LogP contribution in [0.4, 0.5) is 0 Å². The molecule has 2 atom stereocenters. The highest BCUT2D eigenvalue weighted by Gasteiger charge is 2.37. The van der Waals surface area contributed by atoms with Crippen molar-refractivity contribution >= 4 is 5.91 Å². The summed E-state index contributed by atoms with van der Waals surface area (Å²) in [5, 5.41) is 3.88. The van der Waals surface area contributed by atoms with E-state index in [2.05, 4.69) is 5.16 Å². The highest BCUT2D eigenvalue weighted by atomic mass is 16.5. The zero-order valence-electron chi connectivity index (χ0n) is 13.3. The molecule has 0 spiro atoms. The van der Waals surface area contributed by atoms with E-state index >= 15 is 0 Å². The van der Waals surface area contributed by atoms with Crippen molar-refractivity contribution in [3.63, 3.8) is 0 Å². The van der Waals surface area contributed by atoms with E-state index in [4.69, 9.17) is 4.52 Å². The standard InChI is InChI=1S/C17H19N3O3/c1-10-16(11(2)23-18-10)17(22)19-7-12-6-13(9-19)14-4-3-5-15(21)20(14)8-12/h3-5,12-13H,6-9H2,1-2H3. The van der Waals surface area contributed by atoms with Gasteiger partial charge in [-0.3, -0.25) is 9.59 Å². The third-order valence-electron chi connectivity index (χ3n) is 5.01. The van der Waals surface area contributed by atoms with Crippen molar-refractivity contribution in [2.45, 2.75) is 32.7 Å². The maximum Gasteiger partial charge on any atom is 0.259 e. The highest BCUT2D eigenvalue weighted by molar-refractivity contribution is 5.96. The Kier molecular flexibility index (Phi) is 3.14. The summed E-state index contributed by atoms with van der Waals surface area (Å²) in [4.78, 5) is 26.8. The van der Waals surface area contributed by atoms with Crippen LogP contribution in [0.25, 0.3) is 0 Å². The molecule has 120 valence electrons. The van der Waals surface area contributed by atoms with Gasteiger partial charge in [-0.2, -0.15) is 0 Å². The predicted octanol–water partition coefficient (Wildman–Crippen LogP) is 1.71. The molecule has 2 aliphatic heterocycles. The predicted molar refractivity (Wildman–Crippen MR) is 83.4 cm³/mol. The molecule has 1 fully saturated rings. The van der Waals surface area contributed by atoms with Crippen LogP contribution >= 0.6 is 0 Å². The molecule has 0 saturated carbocycles. The van der Waals surface area contributed by atoms with Crippen molar-refractivity contribution < 1.29 is 9.32 Å². The smallest absolute Gasteiger partial charge is 0.259 e. The van der Waals surface area contributed by atoms with Gasteiger partial charge in [0.05, 0.1) is 5.69 Å². The van der Waals surface area contributed by atoms with E-state index in [9.17, 15) is 9.59 Å². The Morgan fingerprint density at radius 2 is 2.09 bits per heavy atom. The summed E-state index contributed by atoms with van der Waals surface area (Å²) >= 11 is 0. The molecule has 2 aliphatic rings. The molecular weight excluding hydrogens is 294 g/mol. The minimum Gasteiger partial charge on any atom is -0.361 e. The molecule has 23 heavy (non-hydrogen) atoms. The van der Waals surface area contributed by atoms with E-state index in [0.29, 0.717) is 42.6 Å². The van der Waals surface area contributed by atoms with E-state index < -0.39 is 0 Å². The molecular formula is C17H19N3O3. The Bertz CT molecular complexity index is 816. The van der Waals surface area contributed by atoms with Gasteiger partial charge in [0.15, 0.2) is 0 Å². The van der Waals surface area contributed by atoms with Gasteiger partial charge in [0.1, 0.15) is 11.3 Å². The molecule has 0 N–H and O–H groups in total. The van der Waals surface area contributed by atoms with E-state index in [-0.39, 0.29) is 17.4 Å². The Morgan fingerprint density at radius 1 is 1.26 bits per heavy atom. The first kappa shape index (κ1) is 14.2. The third kappa shape index (κ3) is 2.20. The lowest BCUT2D eigenvalue weighted by Gasteiger charge is -2.42.